The molecule has 0 bridgehead atoms. The van der Waals surface area contributed by atoms with Crippen molar-refractivity contribution >= 4 is 33.8 Å². The van der Waals surface area contributed by atoms with Crippen LogP contribution in [0.15, 0.2) is 36.8 Å². The zero-order chi connectivity index (χ0) is 22.2. The number of carbonyl (C=O) groups excluding carboxylic acids is 1. The Morgan fingerprint density at radius 1 is 1.22 bits per heavy atom. The van der Waals surface area contributed by atoms with Crippen LogP contribution in [-0.4, -0.2) is 57.9 Å². The highest BCUT2D eigenvalue weighted by Crippen LogP contribution is 2.30. The molecule has 10 heteroatoms. The first-order chi connectivity index (χ1) is 15.5. The lowest BCUT2D eigenvalue weighted by Gasteiger charge is -2.30. The first-order valence-electron chi connectivity index (χ1n) is 10.5. The molecule has 0 saturated carbocycles. The predicted octanol–water partition coefficient (Wildman–Crippen LogP) is 2.76. The summed E-state index contributed by atoms with van der Waals surface area (Å²) in [7, 11) is 0. The molecule has 1 aliphatic rings. The highest BCUT2D eigenvalue weighted by atomic mass is 19.1. The Morgan fingerprint density at radius 2 is 2.03 bits per heavy atom. The molecule has 0 radical (unpaired) electrons. The number of benzene rings is 1. The number of piperazine rings is 1. The van der Waals surface area contributed by atoms with Gasteiger partial charge in [-0.3, -0.25) is 9.48 Å². The van der Waals surface area contributed by atoms with E-state index in [1.54, 1.807) is 36.0 Å². The van der Waals surface area contributed by atoms with Crippen molar-refractivity contribution in [1.29, 1.82) is 0 Å². The van der Waals surface area contributed by atoms with Crippen molar-refractivity contribution in [2.75, 3.05) is 43.1 Å². The van der Waals surface area contributed by atoms with Gasteiger partial charge in [-0.2, -0.15) is 5.10 Å². The Balaban J connectivity index is 1.52. The maximum Gasteiger partial charge on any atom is 0.257 e. The first-order valence-corrected chi connectivity index (χ1v) is 10.5. The minimum atomic E-state index is -0.553. The average molecular weight is 439 g/mol. The molecule has 3 aromatic heterocycles. The van der Waals surface area contributed by atoms with E-state index in [2.05, 4.69) is 25.6 Å². The number of nitrogens with zero attached hydrogens (tertiary/aromatic N) is 5. The van der Waals surface area contributed by atoms with Gasteiger partial charge in [0.25, 0.3) is 5.91 Å². The van der Waals surface area contributed by atoms with Gasteiger partial charge >= 0.3 is 0 Å². The summed E-state index contributed by atoms with van der Waals surface area (Å²) >= 11 is 0. The molecule has 8 nitrogen and oxygen atoms in total. The molecule has 1 amide bonds. The first kappa shape index (κ1) is 20.4. The highest BCUT2D eigenvalue weighted by molar-refractivity contribution is 6.13. The van der Waals surface area contributed by atoms with Gasteiger partial charge < -0.3 is 19.9 Å². The summed E-state index contributed by atoms with van der Waals surface area (Å²) in [5.74, 6) is -0.940. The second-order valence-corrected chi connectivity index (χ2v) is 7.86. The van der Waals surface area contributed by atoms with E-state index in [0.29, 0.717) is 22.5 Å². The normalized spacial score (nSPS) is 14.4. The summed E-state index contributed by atoms with van der Waals surface area (Å²) in [4.78, 5) is 19.5. The van der Waals surface area contributed by atoms with Crippen LogP contribution >= 0.6 is 0 Å². The van der Waals surface area contributed by atoms with Crippen molar-refractivity contribution in [2.24, 2.45) is 0 Å². The van der Waals surface area contributed by atoms with E-state index >= 15 is 0 Å². The fourth-order valence-corrected chi connectivity index (χ4v) is 4.15. The summed E-state index contributed by atoms with van der Waals surface area (Å²) < 4.78 is 30.5. The number of rotatable bonds is 5. The third-order valence-corrected chi connectivity index (χ3v) is 5.60. The molecule has 1 aliphatic heterocycles. The van der Waals surface area contributed by atoms with E-state index in [4.69, 9.17) is 0 Å². The molecule has 1 fully saturated rings. The maximum absolute atomic E-state index is 14.4. The summed E-state index contributed by atoms with van der Waals surface area (Å²) in [5, 5.41) is 11.3. The molecule has 32 heavy (non-hydrogen) atoms. The van der Waals surface area contributed by atoms with Crippen molar-refractivity contribution in [1.82, 2.24) is 24.5 Å². The number of alkyl halides is 1. The molecule has 0 unspecified atom stereocenters. The second-order valence-electron chi connectivity index (χ2n) is 7.86. The van der Waals surface area contributed by atoms with Crippen molar-refractivity contribution in [3.05, 3.63) is 53.9 Å². The zero-order valence-electron chi connectivity index (χ0n) is 17.6. The number of carbonyl (C=O) groups is 1. The van der Waals surface area contributed by atoms with Gasteiger partial charge in [0.15, 0.2) is 11.5 Å². The van der Waals surface area contributed by atoms with Gasteiger partial charge in [0.2, 0.25) is 0 Å². The summed E-state index contributed by atoms with van der Waals surface area (Å²) in [5.41, 5.74) is 2.99. The Labute approximate surface area is 182 Å². The number of pyridine rings is 1. The predicted molar refractivity (Wildman–Crippen MR) is 119 cm³/mol. The van der Waals surface area contributed by atoms with Crippen molar-refractivity contribution in [3.63, 3.8) is 0 Å². The van der Waals surface area contributed by atoms with E-state index in [1.807, 2.05) is 6.07 Å². The largest absolute Gasteiger partial charge is 0.368 e. The molecule has 0 atom stereocenters. The van der Waals surface area contributed by atoms with Crippen molar-refractivity contribution < 1.29 is 13.6 Å². The van der Waals surface area contributed by atoms with Crippen LogP contribution in [0.3, 0.4) is 0 Å². The minimum Gasteiger partial charge on any atom is -0.368 e. The second kappa shape index (κ2) is 8.19. The lowest BCUT2D eigenvalue weighted by Crippen LogP contribution is -2.43. The van der Waals surface area contributed by atoms with Crippen LogP contribution in [-0.2, 0) is 6.54 Å². The molecule has 1 aromatic carbocycles. The number of nitrogens with one attached hydrogen (secondary N) is 2. The molecule has 2 N–H and O–H groups in total. The van der Waals surface area contributed by atoms with Gasteiger partial charge in [0.05, 0.1) is 23.5 Å². The number of fused-ring (bicyclic) bond motifs is 2. The number of halogens is 2. The smallest absolute Gasteiger partial charge is 0.257 e. The monoisotopic (exact) mass is 439 g/mol. The van der Waals surface area contributed by atoms with Gasteiger partial charge in [-0.05, 0) is 19.1 Å². The average Bonchev–Trinajstić information content (AvgIpc) is 3.37. The summed E-state index contributed by atoms with van der Waals surface area (Å²) in [6.45, 7) is 4.72. The number of aromatic nitrogens is 4. The van der Waals surface area contributed by atoms with Crippen molar-refractivity contribution in [3.8, 4) is 0 Å². The van der Waals surface area contributed by atoms with Gasteiger partial charge in [-0.1, -0.05) is 0 Å². The van der Waals surface area contributed by atoms with Crippen LogP contribution in [0.1, 0.15) is 16.1 Å². The number of anilines is 2. The van der Waals surface area contributed by atoms with Crippen LogP contribution in [0.4, 0.5) is 20.2 Å². The lowest BCUT2D eigenvalue weighted by atomic mass is 10.1. The fourth-order valence-electron chi connectivity index (χ4n) is 4.15. The van der Waals surface area contributed by atoms with Crippen LogP contribution in [0.25, 0.3) is 16.6 Å². The quantitative estimate of drug-likeness (QED) is 0.500. The molecular weight excluding hydrogens is 416 g/mol. The number of aryl methyl sites for hydroxylation is 2. The number of amides is 1. The SMILES string of the molecule is Cc1cn2cc(NC(=O)c3ccc(N4CCNCC4)c4cn(CCF)nc34)cc(F)c2n1. The van der Waals surface area contributed by atoms with Gasteiger partial charge in [0, 0.05) is 61.9 Å². The Hall–Kier alpha value is -3.53. The van der Waals surface area contributed by atoms with E-state index in [9.17, 15) is 13.6 Å². The molecule has 1 saturated heterocycles. The Kier molecular flexibility index (Phi) is 5.22. The van der Waals surface area contributed by atoms with Gasteiger partial charge in [0.1, 0.15) is 12.2 Å². The number of imidazole rings is 1. The molecule has 4 heterocycles. The fraction of sp³-hybridized carbons (Fsp3) is 0.318. The maximum atomic E-state index is 14.4. The van der Waals surface area contributed by atoms with E-state index in [-0.39, 0.29) is 12.2 Å². The van der Waals surface area contributed by atoms with E-state index in [0.717, 1.165) is 37.3 Å². The highest BCUT2D eigenvalue weighted by Gasteiger charge is 2.21. The van der Waals surface area contributed by atoms with Crippen LogP contribution in [0.5, 0.6) is 0 Å². The summed E-state index contributed by atoms with van der Waals surface area (Å²) in [6, 6.07) is 4.86. The molecule has 4 aromatic rings. The molecular formula is C22H23F2N7O. The van der Waals surface area contributed by atoms with Crippen molar-refractivity contribution in [2.45, 2.75) is 13.5 Å². The summed E-state index contributed by atoms with van der Waals surface area (Å²) in [6.07, 6.45) is 5.08. The van der Waals surface area contributed by atoms with E-state index in [1.165, 1.54) is 10.7 Å². The molecule has 0 spiro atoms. The third-order valence-electron chi connectivity index (χ3n) is 5.60. The zero-order valence-corrected chi connectivity index (χ0v) is 17.6. The number of hydrogen-bond acceptors (Lipinski definition) is 5. The standard InChI is InChI=1S/C22H23F2N7O/c1-14-11-30-12-15(10-18(24)21(30)26-14)27-22(32)16-2-3-19(29-8-5-25-6-9-29)17-13-31(7-4-23)28-20(16)17/h2-3,10-13,25H,4-9H2,1H3,(H,27,32). The van der Waals surface area contributed by atoms with Gasteiger partial charge in [-0.15, -0.1) is 0 Å². The number of hydrogen-bond donors (Lipinski definition) is 2. The topological polar surface area (TPSA) is 79.5 Å². The van der Waals surface area contributed by atoms with Crippen LogP contribution < -0.4 is 15.5 Å². The minimum absolute atomic E-state index is 0.110. The van der Waals surface area contributed by atoms with Crippen LogP contribution in [0.2, 0.25) is 0 Å². The third kappa shape index (κ3) is 3.66. The van der Waals surface area contributed by atoms with E-state index < -0.39 is 18.4 Å². The molecule has 166 valence electrons. The molecule has 0 aliphatic carbocycles. The van der Waals surface area contributed by atoms with Crippen LogP contribution in [0, 0.1) is 12.7 Å². The molecule has 5 rings (SSSR count). The Morgan fingerprint density at radius 3 is 2.81 bits per heavy atom. The van der Waals surface area contributed by atoms with Gasteiger partial charge in [-0.25, -0.2) is 13.8 Å². The Bertz CT molecular complexity index is 1310. The lowest BCUT2D eigenvalue weighted by molar-refractivity contribution is 0.102.